The molecule has 1 unspecified atom stereocenters. The number of anilines is 1. The number of alkyl halides is 3. The molecule has 0 aliphatic carbocycles. The van der Waals surface area contributed by atoms with Crippen LogP contribution in [0.2, 0.25) is 0 Å². The quantitative estimate of drug-likeness (QED) is 0.481. The van der Waals surface area contributed by atoms with Gasteiger partial charge in [-0.05, 0) is 25.5 Å². The first-order chi connectivity index (χ1) is 15.6. The van der Waals surface area contributed by atoms with E-state index < -0.39 is 17.9 Å². The number of urea groups is 1. The molecule has 3 aromatic rings. The van der Waals surface area contributed by atoms with Crippen LogP contribution in [0.3, 0.4) is 0 Å². The van der Waals surface area contributed by atoms with Crippen molar-refractivity contribution in [1.82, 2.24) is 25.6 Å². The van der Waals surface area contributed by atoms with Crippen LogP contribution in [0.5, 0.6) is 0 Å². The zero-order chi connectivity index (χ0) is 24.2. The largest absolute Gasteiger partial charge is 0.434 e. The van der Waals surface area contributed by atoms with Crippen LogP contribution in [0.25, 0.3) is 21.7 Å². The summed E-state index contributed by atoms with van der Waals surface area (Å²) in [4.78, 5) is 36.2. The highest BCUT2D eigenvalue weighted by atomic mass is 32.1. The second-order valence-electron chi connectivity index (χ2n) is 7.10. The minimum absolute atomic E-state index is 0.0735. The lowest BCUT2D eigenvalue weighted by molar-refractivity contribution is -0.140. The van der Waals surface area contributed by atoms with Crippen molar-refractivity contribution in [1.29, 1.82) is 0 Å². The molecule has 0 spiro atoms. The van der Waals surface area contributed by atoms with Gasteiger partial charge in [0.1, 0.15) is 10.8 Å². The van der Waals surface area contributed by atoms with Gasteiger partial charge < -0.3 is 10.6 Å². The van der Waals surface area contributed by atoms with Crippen molar-refractivity contribution in [2.24, 2.45) is 0 Å². The Balaban J connectivity index is 2.07. The Morgan fingerprint density at radius 1 is 1.15 bits per heavy atom. The molecule has 0 saturated carbocycles. The predicted molar refractivity (Wildman–Crippen MR) is 119 cm³/mol. The smallest absolute Gasteiger partial charge is 0.355 e. The lowest BCUT2D eigenvalue weighted by Crippen LogP contribution is -2.35. The van der Waals surface area contributed by atoms with Crippen molar-refractivity contribution >= 4 is 29.1 Å². The minimum Gasteiger partial charge on any atom is -0.355 e. The van der Waals surface area contributed by atoms with E-state index in [9.17, 15) is 22.8 Å². The van der Waals surface area contributed by atoms with Crippen molar-refractivity contribution in [3.8, 4) is 21.7 Å². The van der Waals surface area contributed by atoms with E-state index in [1.165, 1.54) is 31.7 Å². The predicted octanol–water partition coefficient (Wildman–Crippen LogP) is 4.57. The molecule has 3 aromatic heterocycles. The van der Waals surface area contributed by atoms with Crippen molar-refractivity contribution in [3.05, 3.63) is 47.4 Å². The maximum absolute atomic E-state index is 13.1. The van der Waals surface area contributed by atoms with Crippen LogP contribution in [0.4, 0.5) is 23.8 Å². The molecule has 0 bridgehead atoms. The summed E-state index contributed by atoms with van der Waals surface area (Å²) in [6.07, 6.45) is 0.357. The number of nitrogens with one attached hydrogen (secondary N) is 3. The van der Waals surface area contributed by atoms with Gasteiger partial charge in [0.2, 0.25) is 0 Å². The van der Waals surface area contributed by atoms with Gasteiger partial charge in [-0.15, -0.1) is 11.3 Å². The third-order valence-electron chi connectivity index (χ3n) is 4.70. The molecule has 0 aromatic carbocycles. The van der Waals surface area contributed by atoms with Crippen LogP contribution in [0.15, 0.2) is 36.1 Å². The lowest BCUT2D eigenvalue weighted by atomic mass is 10.0. The lowest BCUT2D eigenvalue weighted by Gasteiger charge is -2.14. The summed E-state index contributed by atoms with van der Waals surface area (Å²) in [6.45, 7) is 3.75. The fourth-order valence-corrected chi connectivity index (χ4v) is 3.65. The number of carbonyl (C=O) groups excluding carboxylic acids is 2. The van der Waals surface area contributed by atoms with Gasteiger partial charge in [-0.25, -0.2) is 14.8 Å². The molecule has 3 N–H and O–H groups in total. The van der Waals surface area contributed by atoms with Crippen molar-refractivity contribution in [2.45, 2.75) is 32.5 Å². The Hall–Kier alpha value is -3.54. The van der Waals surface area contributed by atoms with Crippen LogP contribution in [-0.4, -0.2) is 40.0 Å². The summed E-state index contributed by atoms with van der Waals surface area (Å²) in [7, 11) is 1.47. The number of hydrogen-bond donors (Lipinski definition) is 3. The Labute approximate surface area is 191 Å². The average molecular weight is 479 g/mol. The normalized spacial score (nSPS) is 12.2. The molecule has 0 saturated heterocycles. The maximum Gasteiger partial charge on any atom is 0.434 e. The molecule has 0 fully saturated rings. The first-order valence-electron chi connectivity index (χ1n) is 9.90. The van der Waals surface area contributed by atoms with Gasteiger partial charge >= 0.3 is 12.2 Å². The van der Waals surface area contributed by atoms with E-state index in [2.05, 4.69) is 30.9 Å². The van der Waals surface area contributed by atoms with Gasteiger partial charge in [-0.1, -0.05) is 6.92 Å². The monoisotopic (exact) mass is 478 g/mol. The molecule has 0 aliphatic heterocycles. The molecular weight excluding hydrogens is 457 g/mol. The molecule has 33 heavy (non-hydrogen) atoms. The van der Waals surface area contributed by atoms with Crippen molar-refractivity contribution in [2.75, 3.05) is 12.4 Å². The van der Waals surface area contributed by atoms with Gasteiger partial charge in [0.05, 0.1) is 5.56 Å². The van der Waals surface area contributed by atoms with Gasteiger partial charge in [0.25, 0.3) is 5.91 Å². The summed E-state index contributed by atoms with van der Waals surface area (Å²) in [6, 6.07) is 2.43. The summed E-state index contributed by atoms with van der Waals surface area (Å²) in [5, 5.41) is 8.80. The number of pyridine rings is 2. The second kappa shape index (κ2) is 9.94. The number of carbonyl (C=O) groups is 2. The van der Waals surface area contributed by atoms with Crippen LogP contribution in [0.1, 0.15) is 36.3 Å². The van der Waals surface area contributed by atoms with Gasteiger partial charge in [-0.2, -0.15) is 13.2 Å². The van der Waals surface area contributed by atoms with E-state index in [4.69, 9.17) is 0 Å². The topological polar surface area (TPSA) is 109 Å². The molecule has 3 amide bonds. The second-order valence-corrected chi connectivity index (χ2v) is 7.96. The number of aromatic nitrogens is 3. The summed E-state index contributed by atoms with van der Waals surface area (Å²) < 4.78 is 39.4. The summed E-state index contributed by atoms with van der Waals surface area (Å²) in [5.41, 5.74) is 0.417. The van der Waals surface area contributed by atoms with E-state index in [0.717, 1.165) is 23.1 Å². The highest BCUT2D eigenvalue weighted by Gasteiger charge is 2.34. The molecule has 12 heteroatoms. The van der Waals surface area contributed by atoms with E-state index >= 15 is 0 Å². The number of nitrogens with zero attached hydrogens (tertiary/aromatic N) is 3. The zero-order valence-electron chi connectivity index (χ0n) is 17.9. The number of rotatable bonds is 6. The van der Waals surface area contributed by atoms with Crippen LogP contribution in [0, 0.1) is 0 Å². The molecule has 3 rings (SSSR count). The fraction of sp³-hybridized carbons (Fsp3) is 0.286. The Morgan fingerprint density at radius 2 is 1.91 bits per heavy atom. The van der Waals surface area contributed by atoms with E-state index in [-0.39, 0.29) is 28.3 Å². The zero-order valence-corrected chi connectivity index (χ0v) is 18.8. The van der Waals surface area contributed by atoms with E-state index in [1.807, 2.05) is 13.8 Å². The molecule has 174 valence electrons. The highest BCUT2D eigenvalue weighted by Crippen LogP contribution is 2.38. The average Bonchev–Trinajstić information content (AvgIpc) is 3.29. The third kappa shape index (κ3) is 5.83. The third-order valence-corrected chi connectivity index (χ3v) is 5.57. The van der Waals surface area contributed by atoms with E-state index in [0.29, 0.717) is 16.7 Å². The Morgan fingerprint density at radius 3 is 2.55 bits per heavy atom. The van der Waals surface area contributed by atoms with Crippen molar-refractivity contribution < 1.29 is 22.8 Å². The van der Waals surface area contributed by atoms with Crippen molar-refractivity contribution in [3.63, 3.8) is 0 Å². The highest BCUT2D eigenvalue weighted by molar-refractivity contribution is 7.13. The van der Waals surface area contributed by atoms with E-state index in [1.54, 1.807) is 6.07 Å². The molecule has 8 nitrogen and oxygen atoms in total. The Kier molecular flexibility index (Phi) is 7.26. The Bertz CT molecular complexity index is 1160. The molecule has 1 atom stereocenters. The number of halogens is 3. The minimum atomic E-state index is -4.60. The van der Waals surface area contributed by atoms with Crippen LogP contribution >= 0.6 is 11.3 Å². The number of amides is 3. The van der Waals surface area contributed by atoms with Gasteiger partial charge in [0.15, 0.2) is 5.69 Å². The summed E-state index contributed by atoms with van der Waals surface area (Å²) in [5.74, 6) is -0.235. The first-order valence-corrected chi connectivity index (χ1v) is 10.8. The van der Waals surface area contributed by atoms with Gasteiger partial charge in [-0.3, -0.25) is 15.1 Å². The number of thiazole rings is 1. The number of hydrogen-bond acceptors (Lipinski definition) is 6. The first kappa shape index (κ1) is 24.1. The molecule has 0 radical (unpaired) electrons. The van der Waals surface area contributed by atoms with Crippen LogP contribution < -0.4 is 16.0 Å². The molecule has 3 heterocycles. The summed E-state index contributed by atoms with van der Waals surface area (Å²) >= 11 is 0.808. The van der Waals surface area contributed by atoms with Gasteiger partial charge in [0, 0.05) is 53.8 Å². The maximum atomic E-state index is 13.1. The SMILES string of the molecule is CCC(C)NC(=O)Nc1cc(-c2nc(C(F)(F)F)cs2)c(-c2cncc(C(=O)NC)c2)cn1. The van der Waals surface area contributed by atoms with Crippen LogP contribution in [-0.2, 0) is 6.18 Å². The fourth-order valence-electron chi connectivity index (χ4n) is 2.79. The molecule has 0 aliphatic rings. The standard InChI is InChI=1S/C21H21F3N6O2S/c1-4-11(2)28-20(32)30-17-6-14(19-29-16(10-33-19)21(22,23)24)15(9-27-17)12-5-13(8-26-7-12)18(31)25-3/h5-11H,4H2,1-3H3,(H,25,31)(H2,27,28,30,32). The molecular formula is C21H21F3N6O2S.